The van der Waals surface area contributed by atoms with Crippen molar-refractivity contribution in [1.82, 2.24) is 0 Å². The van der Waals surface area contributed by atoms with E-state index < -0.39 is 5.97 Å². The number of ether oxygens (including phenoxy) is 3. The number of rotatable bonds is 51. The Labute approximate surface area is 409 Å². The Morgan fingerprint density at radius 3 is 0.667 bits per heavy atom. The van der Waals surface area contributed by atoms with E-state index in [2.05, 4.69) is 20.8 Å². The van der Waals surface area contributed by atoms with Crippen molar-refractivity contribution in [3.05, 3.63) is 18.2 Å². The van der Waals surface area contributed by atoms with Crippen LogP contribution < -0.4 is 14.2 Å². The molecule has 66 heavy (non-hydrogen) atoms. The molecule has 0 aliphatic rings. The summed E-state index contributed by atoms with van der Waals surface area (Å²) in [6, 6.07) is 4.96. The smallest absolute Gasteiger partial charge is 0.311 e. The molecule has 6 nitrogen and oxygen atoms in total. The molecule has 0 atom stereocenters. The standard InChI is InChI=1S/C60H108O6/c1-4-7-10-13-16-19-22-25-28-31-34-37-40-43-46-52-57(61)64-55-50-49-51-56(65-58(62)53-47-44-41-38-35-32-29-26-23-20-17-14-11-8-5-2)60(55)66-59(63)54-48-45-42-39-36-33-30-27-24-21-18-15-12-9-6-3/h49-51H,4-48,52-54H2,1-3H3. The van der Waals surface area contributed by atoms with Crippen molar-refractivity contribution < 1.29 is 28.6 Å². The van der Waals surface area contributed by atoms with Crippen LogP contribution in [0.25, 0.3) is 0 Å². The maximum absolute atomic E-state index is 13.2. The fourth-order valence-electron chi connectivity index (χ4n) is 9.19. The molecule has 1 rings (SSSR count). The van der Waals surface area contributed by atoms with Gasteiger partial charge in [-0.1, -0.05) is 297 Å². The van der Waals surface area contributed by atoms with Crippen LogP contribution in [0.15, 0.2) is 18.2 Å². The Hall–Kier alpha value is -2.37. The minimum Gasteiger partial charge on any atom is -0.422 e. The molecule has 0 fully saturated rings. The first-order valence-corrected chi connectivity index (χ1v) is 29.3. The Bertz CT molecular complexity index is 1160. The van der Waals surface area contributed by atoms with Crippen molar-refractivity contribution in [1.29, 1.82) is 0 Å². The molecule has 0 aromatic heterocycles. The van der Waals surface area contributed by atoms with E-state index in [1.54, 1.807) is 18.2 Å². The number of esters is 3. The number of carbonyl (C=O) groups is 3. The largest absolute Gasteiger partial charge is 0.422 e. The molecule has 0 spiro atoms. The van der Waals surface area contributed by atoms with Crippen LogP contribution in [0.5, 0.6) is 17.2 Å². The van der Waals surface area contributed by atoms with Crippen LogP contribution in [0.2, 0.25) is 0 Å². The first-order chi connectivity index (χ1) is 32.5. The molecular weight excluding hydrogens is 817 g/mol. The van der Waals surface area contributed by atoms with E-state index in [4.69, 9.17) is 14.2 Å². The number of hydrogen-bond donors (Lipinski definition) is 0. The van der Waals surface area contributed by atoms with Gasteiger partial charge < -0.3 is 14.2 Å². The summed E-state index contributed by atoms with van der Waals surface area (Å²) in [5.41, 5.74) is 0. The Kier molecular flexibility index (Phi) is 45.8. The number of carbonyl (C=O) groups excluding carboxylic acids is 3. The van der Waals surface area contributed by atoms with Gasteiger partial charge in [-0.25, -0.2) is 0 Å². The minimum absolute atomic E-state index is 0.0399. The topological polar surface area (TPSA) is 78.9 Å². The van der Waals surface area contributed by atoms with Gasteiger partial charge in [0.15, 0.2) is 11.5 Å². The number of benzene rings is 1. The fourth-order valence-corrected chi connectivity index (χ4v) is 9.19. The maximum atomic E-state index is 13.2. The number of unbranched alkanes of at least 4 members (excludes halogenated alkanes) is 42. The molecule has 0 radical (unpaired) electrons. The zero-order valence-electron chi connectivity index (χ0n) is 44.1. The summed E-state index contributed by atoms with van der Waals surface area (Å²) < 4.78 is 17.5. The van der Waals surface area contributed by atoms with E-state index in [0.717, 1.165) is 57.8 Å². The van der Waals surface area contributed by atoms with Gasteiger partial charge in [-0.05, 0) is 31.4 Å². The predicted molar refractivity (Wildman–Crippen MR) is 282 cm³/mol. The highest BCUT2D eigenvalue weighted by molar-refractivity contribution is 5.79. The lowest BCUT2D eigenvalue weighted by atomic mass is 10.0. The molecule has 0 bridgehead atoms. The van der Waals surface area contributed by atoms with Gasteiger partial charge in [0.2, 0.25) is 5.75 Å². The summed E-state index contributed by atoms with van der Waals surface area (Å²) in [7, 11) is 0. The van der Waals surface area contributed by atoms with E-state index >= 15 is 0 Å². The second kappa shape index (κ2) is 49.1. The molecule has 1 aromatic carbocycles. The van der Waals surface area contributed by atoms with Crippen LogP contribution in [0.3, 0.4) is 0 Å². The van der Waals surface area contributed by atoms with Crippen molar-refractivity contribution in [2.75, 3.05) is 0 Å². The SMILES string of the molecule is CCCCCCCCCCCCCCCCCC(=O)Oc1cccc(OC(=O)CCCCCCCCCCCCCCCCC)c1OC(=O)CCCCCCCCCCCCCCCCC. The van der Waals surface area contributed by atoms with Crippen LogP contribution in [-0.4, -0.2) is 17.9 Å². The second-order valence-corrected chi connectivity index (χ2v) is 20.1. The van der Waals surface area contributed by atoms with E-state index in [0.29, 0.717) is 12.8 Å². The highest BCUT2D eigenvalue weighted by Crippen LogP contribution is 2.38. The first kappa shape index (κ1) is 61.6. The van der Waals surface area contributed by atoms with Gasteiger partial charge in [0.05, 0.1) is 0 Å². The van der Waals surface area contributed by atoms with Gasteiger partial charge in [-0.3, -0.25) is 14.4 Å². The van der Waals surface area contributed by atoms with Crippen LogP contribution in [-0.2, 0) is 14.4 Å². The molecule has 0 N–H and O–H groups in total. The molecule has 0 amide bonds. The molecular formula is C60H108O6. The number of hydrogen-bond acceptors (Lipinski definition) is 6. The number of para-hydroxylation sites is 1. The van der Waals surface area contributed by atoms with Crippen LogP contribution in [0.1, 0.15) is 329 Å². The van der Waals surface area contributed by atoms with Crippen molar-refractivity contribution in [2.45, 2.75) is 329 Å². The van der Waals surface area contributed by atoms with Crippen LogP contribution in [0, 0.1) is 0 Å². The third kappa shape index (κ3) is 40.7. The third-order valence-electron chi connectivity index (χ3n) is 13.6. The Morgan fingerprint density at radius 2 is 0.455 bits per heavy atom. The Morgan fingerprint density at radius 1 is 0.273 bits per heavy atom. The van der Waals surface area contributed by atoms with Crippen LogP contribution >= 0.6 is 0 Å². The predicted octanol–water partition coefficient (Wildman–Crippen LogP) is 20.2. The van der Waals surface area contributed by atoms with Crippen molar-refractivity contribution in [2.24, 2.45) is 0 Å². The molecule has 0 aliphatic heterocycles. The first-order valence-electron chi connectivity index (χ1n) is 29.3. The summed E-state index contributed by atoms with van der Waals surface area (Å²) in [4.78, 5) is 39.3. The second-order valence-electron chi connectivity index (χ2n) is 20.1. The lowest BCUT2D eigenvalue weighted by Gasteiger charge is -2.15. The zero-order valence-corrected chi connectivity index (χ0v) is 44.1. The monoisotopic (exact) mass is 925 g/mol. The highest BCUT2D eigenvalue weighted by Gasteiger charge is 2.21. The van der Waals surface area contributed by atoms with Gasteiger partial charge in [-0.15, -0.1) is 0 Å². The molecule has 0 unspecified atom stereocenters. The summed E-state index contributed by atoms with van der Waals surface area (Å²) in [5, 5.41) is 0. The van der Waals surface area contributed by atoms with Gasteiger partial charge in [0.1, 0.15) is 0 Å². The van der Waals surface area contributed by atoms with Crippen molar-refractivity contribution in [3.8, 4) is 17.2 Å². The van der Waals surface area contributed by atoms with Crippen molar-refractivity contribution >= 4 is 17.9 Å². The normalized spacial score (nSPS) is 11.3. The van der Waals surface area contributed by atoms with E-state index in [-0.39, 0.29) is 35.6 Å². The fraction of sp³-hybridized carbons (Fsp3) is 0.850. The summed E-state index contributed by atoms with van der Waals surface area (Å²) >= 11 is 0. The molecule has 0 saturated heterocycles. The summed E-state index contributed by atoms with van der Waals surface area (Å²) in [6.07, 6.45) is 57.8. The average molecular weight is 926 g/mol. The molecule has 1 aromatic rings. The van der Waals surface area contributed by atoms with Gasteiger partial charge in [0.25, 0.3) is 0 Å². The van der Waals surface area contributed by atoms with Gasteiger partial charge in [0, 0.05) is 19.3 Å². The molecule has 0 heterocycles. The average Bonchev–Trinajstić information content (AvgIpc) is 3.31. The molecule has 0 saturated carbocycles. The van der Waals surface area contributed by atoms with Gasteiger partial charge in [-0.2, -0.15) is 0 Å². The lowest BCUT2D eigenvalue weighted by molar-refractivity contribution is -0.138. The van der Waals surface area contributed by atoms with Gasteiger partial charge >= 0.3 is 17.9 Å². The quantitative estimate of drug-likeness (QED) is 0.0368. The summed E-state index contributed by atoms with van der Waals surface area (Å²) in [5.74, 6) is -0.782. The molecule has 384 valence electrons. The molecule has 6 heteroatoms. The Balaban J connectivity index is 2.48. The lowest BCUT2D eigenvalue weighted by Crippen LogP contribution is -2.14. The van der Waals surface area contributed by atoms with Crippen LogP contribution in [0.4, 0.5) is 0 Å². The maximum Gasteiger partial charge on any atom is 0.311 e. The zero-order chi connectivity index (χ0) is 47.6. The van der Waals surface area contributed by atoms with E-state index in [1.165, 1.54) is 231 Å². The minimum atomic E-state index is -0.393. The summed E-state index contributed by atoms with van der Waals surface area (Å²) in [6.45, 7) is 6.82. The van der Waals surface area contributed by atoms with E-state index in [9.17, 15) is 14.4 Å². The molecule has 0 aliphatic carbocycles. The van der Waals surface area contributed by atoms with Crippen molar-refractivity contribution in [3.63, 3.8) is 0 Å². The third-order valence-corrected chi connectivity index (χ3v) is 13.6. The van der Waals surface area contributed by atoms with E-state index in [1.807, 2.05) is 0 Å². The highest BCUT2D eigenvalue weighted by atomic mass is 16.6.